The number of hydrogen-bond donors (Lipinski definition) is 0. The van der Waals surface area contributed by atoms with Gasteiger partial charge in [0.25, 0.3) is 0 Å². The summed E-state index contributed by atoms with van der Waals surface area (Å²) >= 11 is 3.06. The van der Waals surface area contributed by atoms with Crippen LogP contribution in [0.5, 0.6) is 0 Å². The Balaban J connectivity index is 3.23. The van der Waals surface area contributed by atoms with Crippen molar-refractivity contribution in [3.8, 4) is 6.07 Å². The molecule has 0 aromatic heterocycles. The highest BCUT2D eigenvalue weighted by Gasteiger charge is 2.28. The number of rotatable bonds is 5. The zero-order valence-electron chi connectivity index (χ0n) is 10.6. The van der Waals surface area contributed by atoms with E-state index in [1.807, 2.05) is 6.07 Å². The molecule has 1 aromatic carbocycles. The number of nitriles is 1. The second kappa shape index (κ2) is 6.46. The van der Waals surface area contributed by atoms with Crippen LogP contribution in [0.1, 0.15) is 20.3 Å². The number of nitrogens with zero attached hydrogens (tertiary/aromatic N) is 2. The Morgan fingerprint density at radius 3 is 2.58 bits per heavy atom. The fourth-order valence-electron chi connectivity index (χ4n) is 1.63. The van der Waals surface area contributed by atoms with Gasteiger partial charge in [0.2, 0.25) is 10.0 Å². The summed E-state index contributed by atoms with van der Waals surface area (Å²) in [7, 11) is -3.75. The molecule has 0 aliphatic rings. The summed E-state index contributed by atoms with van der Waals surface area (Å²) < 4.78 is 39.4. The number of hydrogen-bond acceptors (Lipinski definition) is 3. The first-order chi connectivity index (χ1) is 8.80. The van der Waals surface area contributed by atoms with Gasteiger partial charge >= 0.3 is 0 Å². The van der Waals surface area contributed by atoms with Gasteiger partial charge < -0.3 is 0 Å². The second-order valence-corrected chi connectivity index (χ2v) is 6.91. The predicted octanol–water partition coefficient (Wildman–Crippen LogP) is 2.90. The molecule has 19 heavy (non-hydrogen) atoms. The zero-order valence-corrected chi connectivity index (χ0v) is 13.0. The lowest BCUT2D eigenvalue weighted by molar-refractivity contribution is 0.360. The van der Waals surface area contributed by atoms with Gasteiger partial charge in [0.05, 0.1) is 11.0 Å². The monoisotopic (exact) mass is 348 g/mol. The lowest BCUT2D eigenvalue weighted by Gasteiger charge is -2.25. The van der Waals surface area contributed by atoms with Crippen molar-refractivity contribution in [1.29, 1.82) is 5.26 Å². The Labute approximate surface area is 121 Å². The Bertz CT molecular complexity index is 596. The van der Waals surface area contributed by atoms with Gasteiger partial charge in [-0.1, -0.05) is 0 Å². The van der Waals surface area contributed by atoms with Crippen molar-refractivity contribution in [3.05, 3.63) is 28.5 Å². The molecule has 0 heterocycles. The minimum atomic E-state index is -3.75. The van der Waals surface area contributed by atoms with Gasteiger partial charge in [-0.05, 0) is 48.0 Å². The van der Waals surface area contributed by atoms with E-state index in [1.165, 1.54) is 10.4 Å². The SMILES string of the molecule is CC(C)N(CCC#N)S(=O)(=O)c1ccc(F)cc1Br. The minimum Gasteiger partial charge on any atom is -0.207 e. The predicted molar refractivity (Wildman–Crippen MR) is 73.4 cm³/mol. The van der Waals surface area contributed by atoms with Crippen LogP contribution < -0.4 is 0 Å². The van der Waals surface area contributed by atoms with Gasteiger partial charge in [0.1, 0.15) is 5.82 Å². The average Bonchev–Trinajstić information content (AvgIpc) is 2.27. The molecule has 0 atom stereocenters. The largest absolute Gasteiger partial charge is 0.244 e. The summed E-state index contributed by atoms with van der Waals surface area (Å²) in [6.07, 6.45) is 0.107. The van der Waals surface area contributed by atoms with Gasteiger partial charge in [-0.3, -0.25) is 0 Å². The molecule has 0 saturated carbocycles. The third-order valence-electron chi connectivity index (χ3n) is 2.50. The fraction of sp³-hybridized carbons (Fsp3) is 0.417. The summed E-state index contributed by atoms with van der Waals surface area (Å²) in [6, 6.07) is 5.06. The Kier molecular flexibility index (Phi) is 5.47. The topological polar surface area (TPSA) is 61.2 Å². The lowest BCUT2D eigenvalue weighted by atomic mass is 10.3. The normalized spacial score (nSPS) is 11.8. The summed E-state index contributed by atoms with van der Waals surface area (Å²) in [5.74, 6) is -0.515. The van der Waals surface area contributed by atoms with E-state index in [9.17, 15) is 12.8 Å². The zero-order chi connectivity index (χ0) is 14.6. The molecular formula is C12H14BrFN2O2S. The van der Waals surface area contributed by atoms with Gasteiger partial charge in [0, 0.05) is 23.5 Å². The van der Waals surface area contributed by atoms with Gasteiger partial charge in [0.15, 0.2) is 0 Å². The molecule has 0 bridgehead atoms. The van der Waals surface area contributed by atoms with Crippen LogP contribution in [-0.4, -0.2) is 25.3 Å². The summed E-state index contributed by atoms with van der Waals surface area (Å²) in [4.78, 5) is 0.000500. The summed E-state index contributed by atoms with van der Waals surface area (Å²) in [6.45, 7) is 3.57. The van der Waals surface area contributed by atoms with Gasteiger partial charge in [-0.2, -0.15) is 9.57 Å². The van der Waals surface area contributed by atoms with E-state index in [0.717, 1.165) is 12.1 Å². The molecule has 0 unspecified atom stereocenters. The fourth-order valence-corrected chi connectivity index (χ4v) is 4.28. The molecule has 1 rings (SSSR count). The molecule has 104 valence electrons. The quantitative estimate of drug-likeness (QED) is 0.821. The first-order valence-electron chi connectivity index (χ1n) is 5.64. The molecular weight excluding hydrogens is 335 g/mol. The Hall–Kier alpha value is -0.970. The van der Waals surface area contributed by atoms with E-state index >= 15 is 0 Å². The molecule has 0 spiro atoms. The molecule has 0 N–H and O–H groups in total. The maximum Gasteiger partial charge on any atom is 0.244 e. The smallest absolute Gasteiger partial charge is 0.207 e. The van der Waals surface area contributed by atoms with Crippen LogP contribution in [0.15, 0.2) is 27.6 Å². The standard InChI is InChI=1S/C12H14BrFN2O2S/c1-9(2)16(7-3-6-15)19(17,18)12-5-4-10(14)8-11(12)13/h4-5,8-9H,3,7H2,1-2H3. The Morgan fingerprint density at radius 2 is 2.11 bits per heavy atom. The maximum absolute atomic E-state index is 13.0. The second-order valence-electron chi connectivity index (χ2n) is 4.19. The van der Waals surface area contributed by atoms with Gasteiger partial charge in [-0.15, -0.1) is 0 Å². The number of benzene rings is 1. The molecule has 4 nitrogen and oxygen atoms in total. The van der Waals surface area contributed by atoms with Crippen molar-refractivity contribution < 1.29 is 12.8 Å². The first-order valence-corrected chi connectivity index (χ1v) is 7.88. The molecule has 0 amide bonds. The van der Waals surface area contributed by atoms with E-state index in [4.69, 9.17) is 5.26 Å². The van der Waals surface area contributed by atoms with Crippen molar-refractivity contribution >= 4 is 26.0 Å². The van der Waals surface area contributed by atoms with E-state index in [0.29, 0.717) is 0 Å². The summed E-state index contributed by atoms with van der Waals surface area (Å²) in [5.41, 5.74) is 0. The molecule has 0 aliphatic heterocycles. The summed E-state index contributed by atoms with van der Waals surface area (Å²) in [5, 5.41) is 8.59. The van der Waals surface area contributed by atoms with Crippen LogP contribution >= 0.6 is 15.9 Å². The van der Waals surface area contributed by atoms with Crippen LogP contribution in [0.4, 0.5) is 4.39 Å². The van der Waals surface area contributed by atoms with Crippen molar-refractivity contribution in [2.45, 2.75) is 31.2 Å². The van der Waals surface area contributed by atoms with E-state index in [-0.39, 0.29) is 28.4 Å². The molecule has 0 fully saturated rings. The van der Waals surface area contributed by atoms with Crippen molar-refractivity contribution in [1.82, 2.24) is 4.31 Å². The van der Waals surface area contributed by atoms with Crippen LogP contribution in [0, 0.1) is 17.1 Å². The molecule has 1 aromatic rings. The van der Waals surface area contributed by atoms with E-state index in [1.54, 1.807) is 13.8 Å². The van der Waals surface area contributed by atoms with Gasteiger partial charge in [-0.25, -0.2) is 12.8 Å². The highest BCUT2D eigenvalue weighted by atomic mass is 79.9. The minimum absolute atomic E-state index is 0.000500. The average molecular weight is 349 g/mol. The number of sulfonamides is 1. The third-order valence-corrected chi connectivity index (χ3v) is 5.55. The van der Waals surface area contributed by atoms with Crippen LogP contribution in [0.3, 0.4) is 0 Å². The molecule has 0 aliphatic carbocycles. The van der Waals surface area contributed by atoms with E-state index in [2.05, 4.69) is 15.9 Å². The van der Waals surface area contributed by atoms with Crippen molar-refractivity contribution in [2.24, 2.45) is 0 Å². The van der Waals surface area contributed by atoms with Crippen molar-refractivity contribution in [2.75, 3.05) is 6.54 Å². The van der Waals surface area contributed by atoms with Crippen LogP contribution in [-0.2, 0) is 10.0 Å². The number of halogens is 2. The molecule has 7 heteroatoms. The highest BCUT2D eigenvalue weighted by molar-refractivity contribution is 9.10. The maximum atomic E-state index is 13.0. The lowest BCUT2D eigenvalue weighted by Crippen LogP contribution is -2.37. The molecule has 0 radical (unpaired) electrons. The van der Waals surface area contributed by atoms with Crippen LogP contribution in [0.25, 0.3) is 0 Å². The Morgan fingerprint density at radius 1 is 1.47 bits per heavy atom. The van der Waals surface area contributed by atoms with E-state index < -0.39 is 15.8 Å². The van der Waals surface area contributed by atoms with Crippen molar-refractivity contribution in [3.63, 3.8) is 0 Å². The molecule has 0 saturated heterocycles. The van der Waals surface area contributed by atoms with Crippen LogP contribution in [0.2, 0.25) is 0 Å². The third kappa shape index (κ3) is 3.75. The highest BCUT2D eigenvalue weighted by Crippen LogP contribution is 2.27. The first kappa shape index (κ1) is 16.1.